The number of alkyl carbamates (subject to hydrolysis) is 1. The number of aliphatic carboxylic acids is 1. The fourth-order valence-corrected chi connectivity index (χ4v) is 3.52. The maximum atomic E-state index is 11.9. The Morgan fingerprint density at radius 1 is 1.28 bits per heavy atom. The van der Waals surface area contributed by atoms with Crippen molar-refractivity contribution in [3.8, 4) is 0 Å². The monoisotopic (exact) mass is 415 g/mol. The SMILES string of the molecule is NC1=[NH+]C(COC(=O)NCCCCCC(=O)[O-])C2NC(N)=[NH+]C2C(O)(O)CCC1. The molecule has 0 saturated carbocycles. The average molecular weight is 415 g/mol. The number of carbonyl (C=O) groups is 2. The normalized spacial score (nSPS) is 25.9. The standard InChI is InChI=1S/C17H30N6O6/c18-11-5-4-7-17(27,28)14-13(22-15(19)23-14)10(21-11)9-29-16(26)20-8-3-1-2-6-12(24)25/h10,13-14,27-28H,1-9H2,(H2,18,21)(H,20,26)(H,24,25)(H3,19,22,23)/p+1. The lowest BCUT2D eigenvalue weighted by atomic mass is 9.92. The Kier molecular flexibility index (Phi) is 8.02. The van der Waals surface area contributed by atoms with Crippen LogP contribution in [-0.2, 0) is 9.53 Å². The van der Waals surface area contributed by atoms with Crippen LogP contribution >= 0.6 is 0 Å². The van der Waals surface area contributed by atoms with Gasteiger partial charge in [-0.05, 0) is 25.7 Å². The van der Waals surface area contributed by atoms with Crippen LogP contribution in [0, 0.1) is 0 Å². The van der Waals surface area contributed by atoms with Crippen molar-refractivity contribution in [1.29, 1.82) is 0 Å². The summed E-state index contributed by atoms with van der Waals surface area (Å²) >= 11 is 0. The molecule has 12 nitrogen and oxygen atoms in total. The Morgan fingerprint density at radius 3 is 2.76 bits per heavy atom. The molecule has 29 heavy (non-hydrogen) atoms. The molecule has 2 rings (SSSR count). The molecule has 1 amide bonds. The van der Waals surface area contributed by atoms with E-state index in [1.807, 2.05) is 0 Å². The number of carboxylic acids is 1. The quantitative estimate of drug-likeness (QED) is 0.140. The first-order valence-corrected chi connectivity index (χ1v) is 9.77. The Bertz CT molecular complexity index is 652. The van der Waals surface area contributed by atoms with Crippen LogP contribution in [0.2, 0.25) is 0 Å². The minimum atomic E-state index is -2.02. The molecular formula is C17H31N6O6+. The highest BCUT2D eigenvalue weighted by Crippen LogP contribution is 2.18. The number of rotatable bonds is 8. The number of aliphatic hydroxyl groups is 2. The summed E-state index contributed by atoms with van der Waals surface area (Å²) in [6.07, 6.45) is 2.12. The predicted molar refractivity (Wildman–Crippen MR) is 98.7 cm³/mol. The van der Waals surface area contributed by atoms with Crippen LogP contribution in [0.1, 0.15) is 44.9 Å². The fraction of sp³-hybridized carbons (Fsp3) is 0.765. The van der Waals surface area contributed by atoms with Crippen molar-refractivity contribution < 1.29 is 39.6 Å². The van der Waals surface area contributed by atoms with Crippen molar-refractivity contribution >= 4 is 23.9 Å². The van der Waals surface area contributed by atoms with Gasteiger partial charge < -0.3 is 30.2 Å². The van der Waals surface area contributed by atoms with Crippen LogP contribution in [0.25, 0.3) is 0 Å². The van der Waals surface area contributed by atoms with E-state index in [1.54, 1.807) is 0 Å². The molecule has 2 heterocycles. The minimum Gasteiger partial charge on any atom is -0.550 e. The number of guanidine groups is 1. The summed E-state index contributed by atoms with van der Waals surface area (Å²) in [6, 6.07) is -1.96. The van der Waals surface area contributed by atoms with Crippen LogP contribution in [0.5, 0.6) is 0 Å². The van der Waals surface area contributed by atoms with Crippen molar-refractivity contribution in [2.24, 2.45) is 11.5 Å². The van der Waals surface area contributed by atoms with Crippen LogP contribution in [0.4, 0.5) is 4.79 Å². The van der Waals surface area contributed by atoms with E-state index in [0.717, 1.165) is 0 Å². The second kappa shape index (κ2) is 10.3. The molecule has 0 bridgehead atoms. The number of carboxylic acid groups (broad SMARTS) is 1. The molecule has 0 spiro atoms. The number of amidine groups is 1. The Hall–Kier alpha value is -2.60. The lowest BCUT2D eigenvalue weighted by Gasteiger charge is -2.29. The number of nitrogens with two attached hydrogens (primary N) is 2. The summed E-state index contributed by atoms with van der Waals surface area (Å²) in [5.74, 6) is -2.45. The summed E-state index contributed by atoms with van der Waals surface area (Å²) in [5.41, 5.74) is 11.8. The minimum absolute atomic E-state index is 0.00331. The molecule has 2 aliphatic rings. The van der Waals surface area contributed by atoms with E-state index in [4.69, 9.17) is 16.2 Å². The first kappa shape index (κ1) is 22.7. The second-order valence-electron chi connectivity index (χ2n) is 7.42. The van der Waals surface area contributed by atoms with Crippen molar-refractivity contribution in [2.45, 2.75) is 68.9 Å². The molecule has 0 aromatic heterocycles. The topological polar surface area (TPSA) is 211 Å². The number of fused-ring (bicyclic) bond motifs is 1. The van der Waals surface area contributed by atoms with Gasteiger partial charge in [0.25, 0.3) is 0 Å². The molecule has 0 aliphatic carbocycles. The first-order valence-electron chi connectivity index (χ1n) is 9.77. The third-order valence-corrected chi connectivity index (χ3v) is 5.01. The summed E-state index contributed by atoms with van der Waals surface area (Å²) in [6.45, 7) is 0.262. The lowest BCUT2D eigenvalue weighted by Crippen LogP contribution is -2.92. The number of amides is 1. The van der Waals surface area contributed by atoms with Crippen molar-refractivity contribution in [1.82, 2.24) is 10.6 Å². The number of unbranched alkanes of at least 4 members (excludes halogenated alkanes) is 2. The van der Waals surface area contributed by atoms with Crippen LogP contribution < -0.4 is 37.2 Å². The highest BCUT2D eigenvalue weighted by molar-refractivity contribution is 5.75. The maximum absolute atomic E-state index is 11.9. The maximum Gasteiger partial charge on any atom is 0.407 e. The van der Waals surface area contributed by atoms with Gasteiger partial charge in [-0.25, -0.2) is 4.79 Å². The molecule has 10 N–H and O–H groups in total. The zero-order valence-electron chi connectivity index (χ0n) is 16.3. The van der Waals surface area contributed by atoms with Gasteiger partial charge >= 0.3 is 12.1 Å². The average Bonchev–Trinajstić information content (AvgIpc) is 3.04. The first-order chi connectivity index (χ1) is 13.7. The number of nitrogens with one attached hydrogen (secondary N) is 4. The fourth-order valence-electron chi connectivity index (χ4n) is 3.52. The summed E-state index contributed by atoms with van der Waals surface area (Å²) < 4.78 is 5.26. The van der Waals surface area contributed by atoms with Gasteiger partial charge in [-0.1, -0.05) is 6.42 Å². The number of hydrogen-bond donors (Lipinski definition) is 8. The largest absolute Gasteiger partial charge is 0.550 e. The van der Waals surface area contributed by atoms with Gasteiger partial charge in [-0.2, -0.15) is 0 Å². The number of carbonyl (C=O) groups excluding carboxylic acids is 2. The molecule has 2 aliphatic heterocycles. The van der Waals surface area contributed by atoms with E-state index in [-0.39, 0.29) is 25.4 Å². The van der Waals surface area contributed by atoms with E-state index in [2.05, 4.69) is 20.6 Å². The van der Waals surface area contributed by atoms with Gasteiger partial charge in [0.1, 0.15) is 6.61 Å². The van der Waals surface area contributed by atoms with Gasteiger partial charge in [-0.3, -0.25) is 26.8 Å². The highest BCUT2D eigenvalue weighted by atomic mass is 16.5. The Labute approximate surface area is 168 Å². The molecule has 0 fully saturated rings. The van der Waals surface area contributed by atoms with Crippen molar-refractivity contribution in [3.05, 3.63) is 0 Å². The molecule has 0 saturated heterocycles. The third-order valence-electron chi connectivity index (χ3n) is 5.01. The predicted octanol–water partition coefficient (Wildman–Crippen LogP) is -6.57. The number of hydrogen-bond acceptors (Lipinski definition) is 9. The van der Waals surface area contributed by atoms with E-state index < -0.39 is 36.0 Å². The molecule has 0 aromatic rings. The molecule has 0 radical (unpaired) electrons. The van der Waals surface area contributed by atoms with Crippen molar-refractivity contribution in [3.63, 3.8) is 0 Å². The van der Waals surface area contributed by atoms with Gasteiger partial charge in [0.05, 0.1) is 0 Å². The van der Waals surface area contributed by atoms with Crippen molar-refractivity contribution in [2.75, 3.05) is 13.2 Å². The van der Waals surface area contributed by atoms with Gasteiger partial charge in [0.15, 0.2) is 18.1 Å². The van der Waals surface area contributed by atoms with Crippen LogP contribution in [0.3, 0.4) is 0 Å². The second-order valence-corrected chi connectivity index (χ2v) is 7.42. The molecule has 0 aromatic carbocycles. The molecule has 164 valence electrons. The van der Waals surface area contributed by atoms with Gasteiger partial charge in [-0.15, -0.1) is 0 Å². The highest BCUT2D eigenvalue weighted by Gasteiger charge is 2.51. The molecule has 3 atom stereocenters. The third kappa shape index (κ3) is 7.06. The molecule has 3 unspecified atom stereocenters. The van der Waals surface area contributed by atoms with E-state index in [1.165, 1.54) is 0 Å². The van der Waals surface area contributed by atoms with Gasteiger partial charge in [0.2, 0.25) is 11.6 Å². The molecular weight excluding hydrogens is 384 g/mol. The van der Waals surface area contributed by atoms with Gasteiger partial charge in [0, 0.05) is 25.4 Å². The Morgan fingerprint density at radius 2 is 2.03 bits per heavy atom. The van der Waals surface area contributed by atoms with E-state index >= 15 is 0 Å². The summed E-state index contributed by atoms with van der Waals surface area (Å²) in [5, 5.41) is 36.8. The van der Waals surface area contributed by atoms with Crippen LogP contribution in [-0.4, -0.2) is 71.1 Å². The zero-order chi connectivity index (χ0) is 21.4. The summed E-state index contributed by atoms with van der Waals surface area (Å²) in [4.78, 5) is 28.2. The van der Waals surface area contributed by atoms with Crippen LogP contribution in [0.15, 0.2) is 0 Å². The van der Waals surface area contributed by atoms with E-state index in [0.29, 0.717) is 44.5 Å². The molecule has 12 heteroatoms. The lowest BCUT2D eigenvalue weighted by molar-refractivity contribution is -0.567. The number of ether oxygens (including phenoxy) is 1. The summed E-state index contributed by atoms with van der Waals surface area (Å²) in [7, 11) is 0. The van der Waals surface area contributed by atoms with E-state index in [9.17, 15) is 24.9 Å². The smallest absolute Gasteiger partial charge is 0.407 e. The Balaban J connectivity index is 1.88. The zero-order valence-corrected chi connectivity index (χ0v) is 16.3.